The van der Waals surface area contributed by atoms with Gasteiger partial charge in [0, 0.05) is 11.6 Å². The summed E-state index contributed by atoms with van der Waals surface area (Å²) in [6, 6.07) is 14.9. The van der Waals surface area contributed by atoms with E-state index < -0.39 is 0 Å². The maximum Gasteiger partial charge on any atom is 0.0441 e. The SMILES string of the molecule is CCCNCc1ccc(-c2ccc(C)c(Cl)c2)cc1. The molecule has 1 N–H and O–H groups in total. The van der Waals surface area contributed by atoms with Gasteiger partial charge in [-0.2, -0.15) is 0 Å². The van der Waals surface area contributed by atoms with Crippen molar-refractivity contribution >= 4 is 11.6 Å². The summed E-state index contributed by atoms with van der Waals surface area (Å²) < 4.78 is 0. The largest absolute Gasteiger partial charge is 0.313 e. The first kappa shape index (κ1) is 14.1. The molecule has 0 heterocycles. The third kappa shape index (κ3) is 3.82. The molecule has 0 bridgehead atoms. The van der Waals surface area contributed by atoms with Crippen molar-refractivity contribution in [3.8, 4) is 11.1 Å². The van der Waals surface area contributed by atoms with Crippen LogP contribution in [0.4, 0.5) is 0 Å². The van der Waals surface area contributed by atoms with Crippen molar-refractivity contribution in [1.29, 1.82) is 0 Å². The molecule has 2 aromatic carbocycles. The Labute approximate surface area is 120 Å². The fraction of sp³-hybridized carbons (Fsp3) is 0.294. The molecular weight excluding hydrogens is 254 g/mol. The van der Waals surface area contributed by atoms with Gasteiger partial charge in [-0.3, -0.25) is 0 Å². The second-order valence-corrected chi connectivity index (χ2v) is 5.24. The van der Waals surface area contributed by atoms with Crippen LogP contribution in [0, 0.1) is 6.92 Å². The average molecular weight is 274 g/mol. The number of benzene rings is 2. The maximum atomic E-state index is 6.17. The zero-order valence-corrected chi connectivity index (χ0v) is 12.3. The molecule has 2 rings (SSSR count). The topological polar surface area (TPSA) is 12.0 Å². The van der Waals surface area contributed by atoms with Gasteiger partial charge in [-0.1, -0.05) is 54.9 Å². The van der Waals surface area contributed by atoms with Gasteiger partial charge < -0.3 is 5.32 Å². The van der Waals surface area contributed by atoms with E-state index in [4.69, 9.17) is 11.6 Å². The van der Waals surface area contributed by atoms with E-state index in [-0.39, 0.29) is 0 Å². The van der Waals surface area contributed by atoms with Gasteiger partial charge in [-0.25, -0.2) is 0 Å². The fourth-order valence-corrected chi connectivity index (χ4v) is 2.18. The van der Waals surface area contributed by atoms with Crippen LogP contribution < -0.4 is 5.32 Å². The van der Waals surface area contributed by atoms with Gasteiger partial charge >= 0.3 is 0 Å². The first-order valence-corrected chi connectivity index (χ1v) is 7.14. The smallest absolute Gasteiger partial charge is 0.0441 e. The Morgan fingerprint density at radius 3 is 2.32 bits per heavy atom. The molecule has 0 amide bonds. The minimum atomic E-state index is 0.825. The number of hydrogen-bond donors (Lipinski definition) is 1. The van der Waals surface area contributed by atoms with Crippen LogP contribution in [-0.2, 0) is 6.54 Å². The van der Waals surface area contributed by atoms with E-state index in [9.17, 15) is 0 Å². The van der Waals surface area contributed by atoms with Crippen molar-refractivity contribution in [2.24, 2.45) is 0 Å². The molecule has 2 heteroatoms. The first-order valence-electron chi connectivity index (χ1n) is 6.77. The quantitative estimate of drug-likeness (QED) is 0.771. The van der Waals surface area contributed by atoms with E-state index >= 15 is 0 Å². The zero-order valence-electron chi connectivity index (χ0n) is 11.5. The number of aryl methyl sites for hydroxylation is 1. The maximum absolute atomic E-state index is 6.17. The molecule has 0 spiro atoms. The second kappa shape index (κ2) is 6.74. The Bertz CT molecular complexity index is 531. The van der Waals surface area contributed by atoms with E-state index in [2.05, 4.69) is 48.6 Å². The molecule has 2 aromatic rings. The van der Waals surface area contributed by atoms with Gasteiger partial charge in [-0.15, -0.1) is 0 Å². The van der Waals surface area contributed by atoms with Crippen LogP contribution in [0.1, 0.15) is 24.5 Å². The van der Waals surface area contributed by atoms with Crippen LogP contribution in [0.15, 0.2) is 42.5 Å². The molecule has 0 radical (unpaired) electrons. The molecular formula is C17H20ClN. The van der Waals surface area contributed by atoms with Crippen LogP contribution in [0.3, 0.4) is 0 Å². The molecule has 100 valence electrons. The molecule has 0 unspecified atom stereocenters. The summed E-state index contributed by atoms with van der Waals surface area (Å²) in [5.74, 6) is 0. The summed E-state index contributed by atoms with van der Waals surface area (Å²) in [5.41, 5.74) is 4.81. The van der Waals surface area contributed by atoms with Gasteiger partial charge in [0.15, 0.2) is 0 Å². The van der Waals surface area contributed by atoms with Crippen LogP contribution in [0.25, 0.3) is 11.1 Å². The number of nitrogens with one attached hydrogen (secondary N) is 1. The summed E-state index contributed by atoms with van der Waals surface area (Å²) in [7, 11) is 0. The lowest BCUT2D eigenvalue weighted by atomic mass is 10.0. The van der Waals surface area contributed by atoms with Crippen LogP contribution in [0.2, 0.25) is 5.02 Å². The third-order valence-corrected chi connectivity index (χ3v) is 3.62. The number of rotatable bonds is 5. The zero-order chi connectivity index (χ0) is 13.7. The Morgan fingerprint density at radius 2 is 1.68 bits per heavy atom. The molecule has 0 atom stereocenters. The Balaban J connectivity index is 2.11. The predicted octanol–water partition coefficient (Wildman–Crippen LogP) is 4.82. The van der Waals surface area contributed by atoms with E-state index in [1.165, 1.54) is 23.1 Å². The van der Waals surface area contributed by atoms with Crippen molar-refractivity contribution < 1.29 is 0 Å². The Hall–Kier alpha value is -1.31. The summed E-state index contributed by atoms with van der Waals surface area (Å²) in [6.45, 7) is 6.20. The summed E-state index contributed by atoms with van der Waals surface area (Å²) >= 11 is 6.17. The van der Waals surface area contributed by atoms with Crippen molar-refractivity contribution in [1.82, 2.24) is 5.32 Å². The molecule has 0 aromatic heterocycles. The van der Waals surface area contributed by atoms with E-state index in [1.807, 2.05) is 13.0 Å². The van der Waals surface area contributed by atoms with Gasteiger partial charge in [0.25, 0.3) is 0 Å². The molecule has 0 saturated carbocycles. The minimum absolute atomic E-state index is 0.825. The van der Waals surface area contributed by atoms with Gasteiger partial charge in [0.1, 0.15) is 0 Å². The number of halogens is 1. The van der Waals surface area contributed by atoms with Crippen molar-refractivity contribution in [3.05, 3.63) is 58.6 Å². The van der Waals surface area contributed by atoms with Crippen molar-refractivity contribution in [2.45, 2.75) is 26.8 Å². The molecule has 19 heavy (non-hydrogen) atoms. The highest BCUT2D eigenvalue weighted by molar-refractivity contribution is 6.31. The first-order chi connectivity index (χ1) is 9.20. The van der Waals surface area contributed by atoms with Crippen LogP contribution in [0.5, 0.6) is 0 Å². The van der Waals surface area contributed by atoms with Crippen LogP contribution in [-0.4, -0.2) is 6.54 Å². The summed E-state index contributed by atoms with van der Waals surface area (Å²) in [4.78, 5) is 0. The monoisotopic (exact) mass is 273 g/mol. The lowest BCUT2D eigenvalue weighted by molar-refractivity contribution is 0.675. The van der Waals surface area contributed by atoms with Crippen LogP contribution >= 0.6 is 11.6 Å². The minimum Gasteiger partial charge on any atom is -0.313 e. The number of hydrogen-bond acceptors (Lipinski definition) is 1. The summed E-state index contributed by atoms with van der Waals surface area (Å²) in [6.07, 6.45) is 1.17. The summed E-state index contributed by atoms with van der Waals surface area (Å²) in [5, 5.41) is 4.23. The fourth-order valence-electron chi connectivity index (χ4n) is 2.00. The predicted molar refractivity (Wildman–Crippen MR) is 83.6 cm³/mol. The molecule has 0 saturated heterocycles. The van der Waals surface area contributed by atoms with E-state index in [1.54, 1.807) is 0 Å². The van der Waals surface area contributed by atoms with Crippen molar-refractivity contribution in [2.75, 3.05) is 6.54 Å². The lowest BCUT2D eigenvalue weighted by Crippen LogP contribution is -2.13. The molecule has 1 nitrogen and oxygen atoms in total. The Morgan fingerprint density at radius 1 is 1.00 bits per heavy atom. The molecule has 0 aliphatic carbocycles. The third-order valence-electron chi connectivity index (χ3n) is 3.22. The van der Waals surface area contributed by atoms with Crippen molar-refractivity contribution in [3.63, 3.8) is 0 Å². The Kier molecular flexibility index (Phi) is 5.00. The standard InChI is InChI=1S/C17H20ClN/c1-3-10-19-12-14-5-8-15(9-6-14)16-7-4-13(2)17(18)11-16/h4-9,11,19H,3,10,12H2,1-2H3. The molecule has 0 aliphatic rings. The molecule has 0 aliphatic heterocycles. The van der Waals surface area contributed by atoms with Gasteiger partial charge in [0.05, 0.1) is 0 Å². The van der Waals surface area contributed by atoms with Gasteiger partial charge in [-0.05, 0) is 48.2 Å². The highest BCUT2D eigenvalue weighted by Gasteiger charge is 2.01. The lowest BCUT2D eigenvalue weighted by Gasteiger charge is -2.07. The highest BCUT2D eigenvalue weighted by Crippen LogP contribution is 2.25. The van der Waals surface area contributed by atoms with E-state index in [0.29, 0.717) is 0 Å². The second-order valence-electron chi connectivity index (χ2n) is 4.84. The van der Waals surface area contributed by atoms with Gasteiger partial charge in [0.2, 0.25) is 0 Å². The molecule has 0 fully saturated rings. The van der Waals surface area contributed by atoms with E-state index in [0.717, 1.165) is 23.7 Å². The highest BCUT2D eigenvalue weighted by atomic mass is 35.5. The normalized spacial score (nSPS) is 10.7. The average Bonchev–Trinajstić information content (AvgIpc) is 2.43.